The molecule has 0 saturated carbocycles. The molecule has 0 fully saturated rings. The van der Waals surface area contributed by atoms with E-state index in [1.54, 1.807) is 18.2 Å². The molecule has 0 spiro atoms. The van der Waals surface area contributed by atoms with Crippen LogP contribution in [0.1, 0.15) is 5.56 Å². The molecule has 0 atom stereocenters. The zero-order valence-electron chi connectivity index (χ0n) is 13.6. The second-order valence-corrected chi connectivity index (χ2v) is 6.08. The molecule has 3 aromatic rings. The Balaban J connectivity index is 1.86. The molecule has 0 radical (unpaired) electrons. The van der Waals surface area contributed by atoms with Gasteiger partial charge in [0.1, 0.15) is 6.54 Å². The Morgan fingerprint density at radius 3 is 2.81 bits per heavy atom. The number of nitro groups is 1. The Bertz CT molecular complexity index is 1090. The highest BCUT2D eigenvalue weighted by Gasteiger charge is 2.12. The van der Waals surface area contributed by atoms with Gasteiger partial charge in [0.2, 0.25) is 5.91 Å². The smallest absolute Gasteiger partial charge is 0.271 e. The van der Waals surface area contributed by atoms with Crippen molar-refractivity contribution >= 4 is 39.8 Å². The second-order valence-electron chi connectivity index (χ2n) is 5.64. The molecule has 1 heterocycles. The molecule has 0 bridgehead atoms. The van der Waals surface area contributed by atoms with E-state index in [1.807, 2.05) is 6.92 Å². The third-order valence-electron chi connectivity index (χ3n) is 3.81. The number of carbonyl (C=O) groups excluding carboxylic acids is 1. The van der Waals surface area contributed by atoms with Gasteiger partial charge >= 0.3 is 0 Å². The zero-order valence-corrected chi connectivity index (χ0v) is 14.4. The number of hydrogen-bond acceptors (Lipinski definition) is 5. The van der Waals surface area contributed by atoms with E-state index in [4.69, 9.17) is 11.6 Å². The van der Waals surface area contributed by atoms with Gasteiger partial charge in [0, 0.05) is 22.8 Å². The van der Waals surface area contributed by atoms with Crippen LogP contribution in [0.4, 0.5) is 11.4 Å². The summed E-state index contributed by atoms with van der Waals surface area (Å²) in [4.78, 5) is 39.0. The van der Waals surface area contributed by atoms with Crippen LogP contribution >= 0.6 is 11.6 Å². The summed E-state index contributed by atoms with van der Waals surface area (Å²) in [6.45, 7) is 1.58. The molecular weight excluding hydrogens is 360 g/mol. The largest absolute Gasteiger partial charge is 0.324 e. The van der Waals surface area contributed by atoms with Crippen LogP contribution in [0.3, 0.4) is 0 Å². The van der Waals surface area contributed by atoms with E-state index in [1.165, 1.54) is 24.5 Å². The number of nitrogens with zero attached hydrogens (tertiary/aromatic N) is 3. The predicted octanol–water partition coefficient (Wildman–Crippen LogP) is 2.91. The summed E-state index contributed by atoms with van der Waals surface area (Å²) in [5, 5.41) is 14.2. The number of benzene rings is 2. The molecule has 26 heavy (non-hydrogen) atoms. The van der Waals surface area contributed by atoms with Crippen molar-refractivity contribution in [2.24, 2.45) is 0 Å². The second kappa shape index (κ2) is 6.93. The van der Waals surface area contributed by atoms with Crippen LogP contribution in [0.15, 0.2) is 47.5 Å². The minimum absolute atomic E-state index is 0.156. The number of amides is 1. The standard InChI is InChI=1S/C17H13ClN4O4/c1-10-2-3-11(18)6-14(10)20-16(23)8-21-9-19-15-7-12(22(25)26)4-5-13(15)17(21)24/h2-7,9H,8H2,1H3,(H,20,23). The van der Waals surface area contributed by atoms with E-state index >= 15 is 0 Å². The van der Waals surface area contributed by atoms with E-state index in [-0.39, 0.29) is 23.1 Å². The molecule has 0 aliphatic heterocycles. The fourth-order valence-corrected chi connectivity index (χ4v) is 2.62. The van der Waals surface area contributed by atoms with Gasteiger partial charge in [-0.15, -0.1) is 0 Å². The number of non-ortho nitro benzene ring substituents is 1. The van der Waals surface area contributed by atoms with Gasteiger partial charge in [0.25, 0.3) is 11.2 Å². The number of aryl methyl sites for hydroxylation is 1. The molecule has 0 unspecified atom stereocenters. The maximum atomic E-state index is 12.5. The number of nitro benzene ring substituents is 1. The Morgan fingerprint density at radius 2 is 2.08 bits per heavy atom. The van der Waals surface area contributed by atoms with Crippen molar-refractivity contribution in [2.45, 2.75) is 13.5 Å². The summed E-state index contributed by atoms with van der Waals surface area (Å²) in [5.41, 5.74) is 0.977. The Labute approximate surface area is 152 Å². The van der Waals surface area contributed by atoms with E-state index in [9.17, 15) is 19.7 Å². The zero-order chi connectivity index (χ0) is 18.8. The fourth-order valence-electron chi connectivity index (χ4n) is 2.45. The monoisotopic (exact) mass is 372 g/mol. The van der Waals surface area contributed by atoms with Gasteiger partial charge in [-0.2, -0.15) is 0 Å². The fraction of sp³-hybridized carbons (Fsp3) is 0.118. The molecule has 1 amide bonds. The SMILES string of the molecule is Cc1ccc(Cl)cc1NC(=O)Cn1cnc2cc([N+](=O)[O-])ccc2c1=O. The van der Waals surface area contributed by atoms with Gasteiger partial charge < -0.3 is 5.32 Å². The van der Waals surface area contributed by atoms with Crippen LogP contribution in [0.2, 0.25) is 5.02 Å². The van der Waals surface area contributed by atoms with Crippen molar-refractivity contribution in [2.75, 3.05) is 5.32 Å². The van der Waals surface area contributed by atoms with E-state index in [2.05, 4.69) is 10.3 Å². The van der Waals surface area contributed by atoms with Crippen LogP contribution < -0.4 is 10.9 Å². The maximum Gasteiger partial charge on any atom is 0.271 e. The summed E-state index contributed by atoms with van der Waals surface area (Å²) in [7, 11) is 0. The lowest BCUT2D eigenvalue weighted by Gasteiger charge is -2.10. The summed E-state index contributed by atoms with van der Waals surface area (Å²) in [6, 6.07) is 8.88. The highest BCUT2D eigenvalue weighted by atomic mass is 35.5. The first-order valence-electron chi connectivity index (χ1n) is 7.55. The molecule has 1 N–H and O–H groups in total. The first kappa shape index (κ1) is 17.6. The first-order chi connectivity index (χ1) is 12.3. The average Bonchev–Trinajstić information content (AvgIpc) is 2.60. The Morgan fingerprint density at radius 1 is 1.31 bits per heavy atom. The van der Waals surface area contributed by atoms with Gasteiger partial charge in [0.15, 0.2) is 0 Å². The van der Waals surface area contributed by atoms with Gasteiger partial charge in [-0.3, -0.25) is 24.3 Å². The van der Waals surface area contributed by atoms with Crippen molar-refractivity contribution in [1.29, 1.82) is 0 Å². The molecule has 0 saturated heterocycles. The minimum atomic E-state index is -0.562. The normalized spacial score (nSPS) is 10.7. The number of rotatable bonds is 4. The third-order valence-corrected chi connectivity index (χ3v) is 4.04. The molecule has 132 valence electrons. The van der Waals surface area contributed by atoms with Gasteiger partial charge in [-0.05, 0) is 30.7 Å². The summed E-state index contributed by atoms with van der Waals surface area (Å²) < 4.78 is 1.14. The molecule has 1 aromatic heterocycles. The highest BCUT2D eigenvalue weighted by Crippen LogP contribution is 2.20. The summed E-state index contributed by atoms with van der Waals surface area (Å²) >= 11 is 5.92. The molecule has 9 heteroatoms. The van der Waals surface area contributed by atoms with Crippen molar-refractivity contribution in [3.8, 4) is 0 Å². The highest BCUT2D eigenvalue weighted by molar-refractivity contribution is 6.31. The Kier molecular flexibility index (Phi) is 4.68. The Hall–Kier alpha value is -3.26. The third kappa shape index (κ3) is 3.55. The number of nitrogens with one attached hydrogen (secondary N) is 1. The number of hydrogen-bond donors (Lipinski definition) is 1. The van der Waals surface area contributed by atoms with Crippen molar-refractivity contribution in [1.82, 2.24) is 9.55 Å². The number of aromatic nitrogens is 2. The van der Waals surface area contributed by atoms with Gasteiger partial charge in [-0.1, -0.05) is 17.7 Å². The van der Waals surface area contributed by atoms with E-state index < -0.39 is 16.4 Å². The number of fused-ring (bicyclic) bond motifs is 1. The van der Waals surface area contributed by atoms with Crippen LogP contribution in [0.5, 0.6) is 0 Å². The molecule has 8 nitrogen and oxygen atoms in total. The summed E-state index contributed by atoms with van der Waals surface area (Å²) in [6.07, 6.45) is 1.19. The lowest BCUT2D eigenvalue weighted by atomic mass is 10.2. The lowest BCUT2D eigenvalue weighted by Crippen LogP contribution is -2.28. The summed E-state index contributed by atoms with van der Waals surface area (Å²) in [5.74, 6) is -0.416. The van der Waals surface area contributed by atoms with Gasteiger partial charge in [-0.25, -0.2) is 4.98 Å². The molecule has 3 rings (SSSR count). The maximum absolute atomic E-state index is 12.5. The van der Waals surface area contributed by atoms with Crippen molar-refractivity contribution < 1.29 is 9.72 Å². The molecular formula is C17H13ClN4O4. The van der Waals surface area contributed by atoms with E-state index in [0.717, 1.165) is 10.1 Å². The number of halogens is 1. The van der Waals surface area contributed by atoms with Gasteiger partial charge in [0.05, 0.1) is 22.2 Å². The lowest BCUT2D eigenvalue weighted by molar-refractivity contribution is -0.384. The molecule has 0 aliphatic carbocycles. The molecule has 0 aliphatic rings. The van der Waals surface area contributed by atoms with Crippen molar-refractivity contribution in [3.63, 3.8) is 0 Å². The predicted molar refractivity (Wildman–Crippen MR) is 97.5 cm³/mol. The van der Waals surface area contributed by atoms with Crippen LogP contribution in [0.25, 0.3) is 10.9 Å². The van der Waals surface area contributed by atoms with E-state index in [0.29, 0.717) is 10.7 Å². The molecule has 2 aromatic carbocycles. The average molecular weight is 373 g/mol. The number of anilines is 1. The number of carbonyl (C=O) groups is 1. The van der Waals surface area contributed by atoms with Crippen molar-refractivity contribution in [3.05, 3.63) is 73.8 Å². The quantitative estimate of drug-likeness (QED) is 0.559. The van der Waals surface area contributed by atoms with Crippen LogP contribution in [-0.4, -0.2) is 20.4 Å². The van der Waals surface area contributed by atoms with Crippen LogP contribution in [-0.2, 0) is 11.3 Å². The first-order valence-corrected chi connectivity index (χ1v) is 7.92. The minimum Gasteiger partial charge on any atom is -0.324 e. The van der Waals surface area contributed by atoms with Crippen LogP contribution in [0, 0.1) is 17.0 Å². The topological polar surface area (TPSA) is 107 Å².